The Balaban J connectivity index is 1.28. The van der Waals surface area contributed by atoms with Crippen LogP contribution in [0.4, 0.5) is 14.9 Å². The van der Waals surface area contributed by atoms with Crippen molar-refractivity contribution in [3.05, 3.63) is 29.8 Å². The van der Waals surface area contributed by atoms with E-state index in [2.05, 4.69) is 24.1 Å². The average molecular weight is 475 g/mol. The summed E-state index contributed by atoms with van der Waals surface area (Å²) < 4.78 is 20.8. The molecule has 4 rings (SSSR count). The molecule has 3 aliphatic rings. The van der Waals surface area contributed by atoms with Crippen LogP contribution in [-0.2, 0) is 9.53 Å². The van der Waals surface area contributed by atoms with Gasteiger partial charge in [-0.3, -0.25) is 24.7 Å². The second-order valence-electron chi connectivity index (χ2n) is 9.93. The maximum Gasteiger partial charge on any atom is 0.328 e. The maximum absolute atomic E-state index is 14.7. The lowest BCUT2D eigenvalue weighted by Gasteiger charge is -2.39. The first-order chi connectivity index (χ1) is 16.3. The highest BCUT2D eigenvalue weighted by Crippen LogP contribution is 2.25. The lowest BCUT2D eigenvalue weighted by Crippen LogP contribution is -2.49. The molecule has 3 heterocycles. The number of rotatable bonds is 6. The lowest BCUT2D eigenvalue weighted by atomic mass is 10.0. The predicted molar refractivity (Wildman–Crippen MR) is 127 cm³/mol. The zero-order valence-electron chi connectivity index (χ0n) is 20.0. The number of ether oxygens (including phenoxy) is 1. The Morgan fingerprint density at radius 1 is 1.15 bits per heavy atom. The van der Waals surface area contributed by atoms with E-state index in [4.69, 9.17) is 4.74 Å². The number of imide groups is 1. The van der Waals surface area contributed by atoms with Gasteiger partial charge in [0, 0.05) is 56.9 Å². The topological polar surface area (TPSA) is 82.2 Å². The Labute approximate surface area is 200 Å². The molecule has 2 atom stereocenters. The summed E-state index contributed by atoms with van der Waals surface area (Å²) in [5, 5.41) is 2.30. The van der Waals surface area contributed by atoms with E-state index < -0.39 is 12.2 Å². The van der Waals surface area contributed by atoms with E-state index in [1.54, 1.807) is 29.2 Å². The maximum atomic E-state index is 14.7. The van der Waals surface area contributed by atoms with Crippen LogP contribution in [0.1, 0.15) is 49.9 Å². The third-order valence-corrected chi connectivity index (χ3v) is 6.74. The van der Waals surface area contributed by atoms with Gasteiger partial charge in [0.05, 0.1) is 12.2 Å². The third-order valence-electron chi connectivity index (χ3n) is 6.74. The number of carbonyl (C=O) groups excluding carboxylic acids is 3. The van der Waals surface area contributed by atoms with E-state index in [9.17, 15) is 18.8 Å². The summed E-state index contributed by atoms with van der Waals surface area (Å²) in [5.41, 5.74) is 1.09. The minimum atomic E-state index is -0.975. The number of likely N-dealkylation sites (tertiary alicyclic amines) is 2. The summed E-state index contributed by atoms with van der Waals surface area (Å²) in [6.45, 7) is 7.89. The van der Waals surface area contributed by atoms with Crippen LogP contribution < -0.4 is 10.2 Å². The van der Waals surface area contributed by atoms with Crippen LogP contribution in [0.5, 0.6) is 0 Å². The molecule has 0 saturated carbocycles. The van der Waals surface area contributed by atoms with Gasteiger partial charge in [-0.05, 0) is 43.4 Å². The number of carbonyl (C=O) groups is 3. The molecular formula is C25H35FN4O4. The van der Waals surface area contributed by atoms with Crippen LogP contribution in [0.2, 0.25) is 0 Å². The summed E-state index contributed by atoms with van der Waals surface area (Å²) in [7, 11) is 0. The summed E-state index contributed by atoms with van der Waals surface area (Å²) in [6, 6.07) is 6.46. The molecule has 9 heteroatoms. The molecule has 0 spiro atoms. The number of piperidine rings is 2. The van der Waals surface area contributed by atoms with Gasteiger partial charge in [0.2, 0.25) is 5.91 Å². The number of halogens is 1. The lowest BCUT2D eigenvalue weighted by molar-refractivity contribution is -0.120. The van der Waals surface area contributed by atoms with Gasteiger partial charge in [-0.1, -0.05) is 19.9 Å². The number of anilines is 1. The van der Waals surface area contributed by atoms with Crippen LogP contribution in [0.3, 0.4) is 0 Å². The van der Waals surface area contributed by atoms with E-state index in [-0.39, 0.29) is 37.0 Å². The second kappa shape index (κ2) is 10.8. The predicted octanol–water partition coefficient (Wildman–Crippen LogP) is 2.82. The van der Waals surface area contributed by atoms with Gasteiger partial charge in [-0.25, -0.2) is 9.18 Å². The van der Waals surface area contributed by atoms with Crippen molar-refractivity contribution in [1.29, 1.82) is 0 Å². The van der Waals surface area contributed by atoms with Crippen molar-refractivity contribution >= 4 is 23.5 Å². The van der Waals surface area contributed by atoms with E-state index in [0.29, 0.717) is 56.1 Å². The Bertz CT molecular complexity index is 903. The molecule has 0 bridgehead atoms. The summed E-state index contributed by atoms with van der Waals surface area (Å²) in [4.78, 5) is 42.1. The molecule has 3 saturated heterocycles. The van der Waals surface area contributed by atoms with Gasteiger partial charge >= 0.3 is 6.03 Å². The van der Waals surface area contributed by atoms with Crippen molar-refractivity contribution in [3.63, 3.8) is 0 Å². The summed E-state index contributed by atoms with van der Waals surface area (Å²) >= 11 is 0. The van der Waals surface area contributed by atoms with E-state index >= 15 is 0 Å². The Kier molecular flexibility index (Phi) is 7.83. The summed E-state index contributed by atoms with van der Waals surface area (Å²) in [6.07, 6.45) is 0.919. The second-order valence-corrected chi connectivity index (χ2v) is 9.93. The number of hydrogen-bond acceptors (Lipinski definition) is 5. The monoisotopic (exact) mass is 474 g/mol. The number of alkyl halides is 1. The molecule has 0 aromatic heterocycles. The fourth-order valence-electron chi connectivity index (χ4n) is 5.02. The van der Waals surface area contributed by atoms with Crippen molar-refractivity contribution in [2.24, 2.45) is 5.92 Å². The van der Waals surface area contributed by atoms with E-state index in [1.165, 1.54) is 4.90 Å². The quantitative estimate of drug-likeness (QED) is 0.686. The number of benzene rings is 1. The van der Waals surface area contributed by atoms with Gasteiger partial charge in [0.15, 0.2) is 0 Å². The van der Waals surface area contributed by atoms with E-state index in [0.717, 1.165) is 13.1 Å². The van der Waals surface area contributed by atoms with Gasteiger partial charge in [0.1, 0.15) is 6.17 Å². The smallest absolute Gasteiger partial charge is 0.328 e. The Hall–Kier alpha value is -2.52. The number of hydrogen-bond donors (Lipinski definition) is 1. The zero-order chi connectivity index (χ0) is 24.2. The number of urea groups is 1. The standard InChI is InChI=1S/C25H35FN4O4/c1-17(2)15-28-10-8-22(21(26)16-28)34-20-6-11-29(12-7-20)24(32)18-4-3-5-19(14-18)30-13-9-23(31)27-25(30)33/h3-5,14,17,20-22H,6-13,15-16H2,1-2H3,(H,27,31,33). The van der Waals surface area contributed by atoms with Crippen LogP contribution in [0.15, 0.2) is 24.3 Å². The SMILES string of the molecule is CC(C)CN1CCC(OC2CCN(C(=O)c3cccc(N4CCC(=O)NC4=O)c3)CC2)C(F)C1. The first-order valence-corrected chi connectivity index (χ1v) is 12.3. The molecule has 186 valence electrons. The normalized spacial score (nSPS) is 25.1. The number of amides is 4. The summed E-state index contributed by atoms with van der Waals surface area (Å²) in [5.74, 6) is 0.131. The van der Waals surface area contributed by atoms with Crippen LogP contribution in [-0.4, -0.2) is 85.3 Å². The molecule has 2 unspecified atom stereocenters. The van der Waals surface area contributed by atoms with Crippen molar-refractivity contribution in [3.8, 4) is 0 Å². The molecule has 1 N–H and O–H groups in total. The minimum absolute atomic E-state index is 0.0372. The molecule has 0 radical (unpaired) electrons. The first-order valence-electron chi connectivity index (χ1n) is 12.3. The molecule has 4 amide bonds. The number of nitrogens with zero attached hydrogens (tertiary/aromatic N) is 3. The molecular weight excluding hydrogens is 439 g/mol. The molecule has 0 aliphatic carbocycles. The van der Waals surface area contributed by atoms with Crippen molar-refractivity contribution in [1.82, 2.24) is 15.1 Å². The van der Waals surface area contributed by atoms with Crippen molar-refractivity contribution < 1.29 is 23.5 Å². The number of nitrogens with one attached hydrogen (secondary N) is 1. The van der Waals surface area contributed by atoms with Crippen LogP contribution in [0, 0.1) is 5.92 Å². The molecule has 1 aromatic rings. The highest BCUT2D eigenvalue weighted by atomic mass is 19.1. The van der Waals surface area contributed by atoms with Crippen molar-refractivity contribution in [2.75, 3.05) is 44.2 Å². The van der Waals surface area contributed by atoms with Crippen LogP contribution in [0.25, 0.3) is 0 Å². The molecule has 1 aromatic carbocycles. The van der Waals surface area contributed by atoms with E-state index in [1.807, 2.05) is 0 Å². The third kappa shape index (κ3) is 5.93. The van der Waals surface area contributed by atoms with Gasteiger partial charge in [-0.2, -0.15) is 0 Å². The zero-order valence-corrected chi connectivity index (χ0v) is 20.0. The first kappa shape index (κ1) is 24.6. The van der Waals surface area contributed by atoms with Crippen LogP contribution >= 0.6 is 0 Å². The largest absolute Gasteiger partial charge is 0.372 e. The molecule has 3 aliphatic heterocycles. The highest BCUT2D eigenvalue weighted by molar-refractivity contribution is 6.06. The Morgan fingerprint density at radius 3 is 2.59 bits per heavy atom. The molecule has 8 nitrogen and oxygen atoms in total. The van der Waals surface area contributed by atoms with Crippen molar-refractivity contribution in [2.45, 2.75) is 57.9 Å². The fraction of sp³-hybridized carbons (Fsp3) is 0.640. The van der Waals surface area contributed by atoms with Gasteiger partial charge in [0.25, 0.3) is 5.91 Å². The van der Waals surface area contributed by atoms with Gasteiger partial charge in [-0.15, -0.1) is 0 Å². The fourth-order valence-corrected chi connectivity index (χ4v) is 5.02. The average Bonchev–Trinajstić information content (AvgIpc) is 2.80. The minimum Gasteiger partial charge on any atom is -0.372 e. The molecule has 3 fully saturated rings. The molecule has 34 heavy (non-hydrogen) atoms. The highest BCUT2D eigenvalue weighted by Gasteiger charge is 2.34. The van der Waals surface area contributed by atoms with Gasteiger partial charge < -0.3 is 9.64 Å². The Morgan fingerprint density at radius 2 is 1.91 bits per heavy atom.